The fraction of sp³-hybridized carbons (Fsp3) is 0.333. The Kier molecular flexibility index (Phi) is 14.5. The van der Waals surface area contributed by atoms with E-state index in [-0.39, 0.29) is 0 Å². The molecule has 8 rings (SSSR count). The quantitative estimate of drug-likeness (QED) is 0.0632. The number of allylic oxidation sites excluding steroid dienone is 2. The number of rotatable bonds is 17. The first kappa shape index (κ1) is 44.5. The molecule has 2 aliphatic carbocycles. The summed E-state index contributed by atoms with van der Waals surface area (Å²) in [5.41, 5.74) is 26.5. The van der Waals surface area contributed by atoms with Gasteiger partial charge < -0.3 is 0 Å². The van der Waals surface area contributed by atoms with Gasteiger partial charge in [-0.05, 0) is 0 Å². The molecule has 2 unspecified atom stereocenters. The number of benzene rings is 6. The van der Waals surface area contributed by atoms with Crippen LogP contribution in [0.15, 0.2) is 132 Å². The summed E-state index contributed by atoms with van der Waals surface area (Å²) >= 11 is -2.60. The Morgan fingerprint density at radius 2 is 0.694 bits per heavy atom. The SMILES string of the molecule is CCCCCCC1=Cc2c(-c3ccc(C)cc3)ccc(-c3ccc(C)cc3)c2[CH]1[Zr]([CH]1C(CCCCCC)=Cc2c(-c3ccc(C)cc3)ccc(-c3ccc(C)cc3)c21)[SiH](C)C. The van der Waals surface area contributed by atoms with Gasteiger partial charge in [0.15, 0.2) is 0 Å². The van der Waals surface area contributed by atoms with Crippen LogP contribution in [0.3, 0.4) is 0 Å². The molecule has 0 fully saturated rings. The summed E-state index contributed by atoms with van der Waals surface area (Å²) in [7, 11) is 0. The second-order valence-electron chi connectivity index (χ2n) is 19.0. The Hall–Kier alpha value is -4.10. The predicted molar refractivity (Wildman–Crippen MR) is 271 cm³/mol. The molecular weight excluding hydrogens is 840 g/mol. The zero-order valence-electron chi connectivity index (χ0n) is 39.0. The summed E-state index contributed by atoms with van der Waals surface area (Å²) in [6.45, 7) is 19.1. The first-order chi connectivity index (χ1) is 30.2. The number of hydrogen-bond acceptors (Lipinski definition) is 0. The molecule has 0 N–H and O–H groups in total. The first-order valence-corrected chi connectivity index (χ1v) is 34.0. The molecule has 0 spiro atoms. The normalized spacial score (nSPS) is 15.4. The van der Waals surface area contributed by atoms with Crippen LogP contribution < -0.4 is 0 Å². The van der Waals surface area contributed by atoms with Crippen molar-refractivity contribution >= 4 is 18.1 Å². The van der Waals surface area contributed by atoms with Crippen LogP contribution in [-0.2, 0) is 20.9 Å². The van der Waals surface area contributed by atoms with Gasteiger partial charge in [0.2, 0.25) is 0 Å². The average Bonchev–Trinajstić information content (AvgIpc) is 3.84. The topological polar surface area (TPSA) is 0 Å². The van der Waals surface area contributed by atoms with Gasteiger partial charge in [-0.25, -0.2) is 0 Å². The van der Waals surface area contributed by atoms with Gasteiger partial charge in [-0.1, -0.05) is 0 Å². The first-order valence-electron chi connectivity index (χ1n) is 24.1. The van der Waals surface area contributed by atoms with Crippen LogP contribution in [0, 0.1) is 27.7 Å². The third kappa shape index (κ3) is 9.40. The maximum atomic E-state index is 2.78. The summed E-state index contributed by atoms with van der Waals surface area (Å²) < 4.78 is 1.09. The van der Waals surface area contributed by atoms with E-state index in [1.165, 1.54) is 142 Å². The van der Waals surface area contributed by atoms with Gasteiger partial charge in [-0.2, -0.15) is 0 Å². The zero-order valence-corrected chi connectivity index (χ0v) is 42.6. The third-order valence-corrected chi connectivity index (χ3v) is 35.6. The van der Waals surface area contributed by atoms with E-state index < -0.39 is 26.8 Å². The Morgan fingerprint density at radius 3 is 1.00 bits per heavy atom. The Morgan fingerprint density at radius 1 is 0.387 bits per heavy atom. The third-order valence-electron chi connectivity index (χ3n) is 14.0. The van der Waals surface area contributed by atoms with Crippen LogP contribution in [0.5, 0.6) is 0 Å². The number of aryl methyl sites for hydroxylation is 4. The van der Waals surface area contributed by atoms with Crippen molar-refractivity contribution in [2.75, 3.05) is 0 Å². The van der Waals surface area contributed by atoms with E-state index in [1.54, 1.807) is 22.3 Å². The molecule has 2 heteroatoms. The van der Waals surface area contributed by atoms with Crippen molar-refractivity contribution in [3.05, 3.63) is 177 Å². The van der Waals surface area contributed by atoms with E-state index >= 15 is 0 Å². The molecule has 62 heavy (non-hydrogen) atoms. The molecule has 2 aliphatic rings. The Balaban J connectivity index is 1.40. The van der Waals surface area contributed by atoms with Gasteiger partial charge in [-0.3, -0.25) is 0 Å². The van der Waals surface area contributed by atoms with Crippen LogP contribution in [0.25, 0.3) is 56.7 Å². The molecule has 0 amide bonds. The molecule has 6 aromatic carbocycles. The monoisotopic (exact) mass is 907 g/mol. The fourth-order valence-corrected chi connectivity index (χ4v) is 33.5. The van der Waals surface area contributed by atoms with E-state index in [4.69, 9.17) is 0 Å². The second-order valence-corrected chi connectivity index (χ2v) is 39.1. The standard InChI is InChI=1S/2C29H31.C2H7Si.Zr/c2*1-4-5-6-7-8-23-19-28-26(24-13-9-21(2)10-14-24)17-18-27(29(28)20-23)25-15-11-22(3)12-16-25;1-3-2;/h2*9-20H,4-8H2,1-3H3;3H,1-2H3;. The predicted octanol–water partition coefficient (Wildman–Crippen LogP) is 17.7. The summed E-state index contributed by atoms with van der Waals surface area (Å²) in [6, 6.07) is 47.7. The van der Waals surface area contributed by atoms with Crippen molar-refractivity contribution in [3.8, 4) is 44.5 Å². The van der Waals surface area contributed by atoms with Gasteiger partial charge in [0, 0.05) is 0 Å². The summed E-state index contributed by atoms with van der Waals surface area (Å²) in [5, 5.41) is 0. The van der Waals surface area contributed by atoms with Crippen LogP contribution in [0.2, 0.25) is 13.1 Å². The summed E-state index contributed by atoms with van der Waals surface area (Å²) in [5.74, 6) is -1.20. The van der Waals surface area contributed by atoms with Crippen LogP contribution in [0.4, 0.5) is 0 Å². The number of hydrogen-bond donors (Lipinski definition) is 0. The molecule has 6 aromatic rings. The van der Waals surface area contributed by atoms with Crippen LogP contribution in [0.1, 0.15) is 130 Å². The molecule has 0 saturated carbocycles. The molecular formula is C60H69SiZr. The van der Waals surface area contributed by atoms with Gasteiger partial charge in [-0.15, -0.1) is 0 Å². The van der Waals surface area contributed by atoms with E-state index in [9.17, 15) is 0 Å². The van der Waals surface area contributed by atoms with Crippen molar-refractivity contribution in [2.24, 2.45) is 0 Å². The minimum absolute atomic E-state index is 0.547. The van der Waals surface area contributed by atoms with E-state index in [1.807, 2.05) is 0 Å². The van der Waals surface area contributed by atoms with Gasteiger partial charge in [0.1, 0.15) is 0 Å². The van der Waals surface area contributed by atoms with E-state index in [0.29, 0.717) is 7.25 Å². The molecule has 0 radical (unpaired) electrons. The molecule has 0 aromatic heterocycles. The van der Waals surface area contributed by atoms with Crippen molar-refractivity contribution in [1.29, 1.82) is 0 Å². The molecule has 0 nitrogen and oxygen atoms in total. The Bertz CT molecular complexity index is 2360. The molecule has 0 saturated heterocycles. The number of unbranched alkanes of at least 4 members (excludes halogenated alkanes) is 6. The van der Waals surface area contributed by atoms with Gasteiger partial charge >= 0.3 is 387 Å². The molecule has 2 atom stereocenters. The van der Waals surface area contributed by atoms with Crippen molar-refractivity contribution in [3.63, 3.8) is 0 Å². The van der Waals surface area contributed by atoms with Crippen molar-refractivity contribution < 1.29 is 20.9 Å². The van der Waals surface area contributed by atoms with E-state index in [0.717, 1.165) is 0 Å². The molecule has 0 bridgehead atoms. The second kappa shape index (κ2) is 20.2. The van der Waals surface area contributed by atoms with Crippen molar-refractivity contribution in [2.45, 2.75) is 126 Å². The van der Waals surface area contributed by atoms with Gasteiger partial charge in [0.25, 0.3) is 0 Å². The molecule has 317 valence electrons. The number of fused-ring (bicyclic) bond motifs is 2. The minimum atomic E-state index is -2.60. The maximum absolute atomic E-state index is 2.78. The average molecular weight is 910 g/mol. The molecule has 0 heterocycles. The molecule has 0 aliphatic heterocycles. The van der Waals surface area contributed by atoms with Crippen LogP contribution in [-0.4, -0.2) is 5.92 Å². The van der Waals surface area contributed by atoms with Crippen LogP contribution >= 0.6 is 0 Å². The zero-order chi connectivity index (χ0) is 43.3. The van der Waals surface area contributed by atoms with E-state index in [2.05, 4.69) is 188 Å². The fourth-order valence-electron chi connectivity index (χ4n) is 10.6. The van der Waals surface area contributed by atoms with Gasteiger partial charge in [0.05, 0.1) is 0 Å². The van der Waals surface area contributed by atoms with Crippen molar-refractivity contribution in [1.82, 2.24) is 0 Å². The summed E-state index contributed by atoms with van der Waals surface area (Å²) in [4.78, 5) is 0. The Labute approximate surface area is 383 Å². The summed E-state index contributed by atoms with van der Waals surface area (Å²) in [6.07, 6.45) is 18.3.